The number of para-hydroxylation sites is 2. The van der Waals surface area contributed by atoms with Crippen LogP contribution in [0, 0.1) is 5.92 Å². The summed E-state index contributed by atoms with van der Waals surface area (Å²) in [6, 6.07) is 7.71. The van der Waals surface area contributed by atoms with Gasteiger partial charge in [-0.15, -0.1) is 0 Å². The van der Waals surface area contributed by atoms with Crippen LogP contribution in [0.2, 0.25) is 0 Å². The lowest BCUT2D eigenvalue weighted by Crippen LogP contribution is -2.41. The molecule has 1 aromatic carbocycles. The van der Waals surface area contributed by atoms with E-state index in [4.69, 9.17) is 24.7 Å². The molecule has 2 saturated heterocycles. The van der Waals surface area contributed by atoms with Crippen molar-refractivity contribution >= 4 is 28.0 Å². The highest BCUT2D eigenvalue weighted by Crippen LogP contribution is 2.50. The highest BCUT2D eigenvalue weighted by Gasteiger charge is 2.50. The number of aliphatic hydroxyl groups is 1. The van der Waals surface area contributed by atoms with Crippen LogP contribution in [0.15, 0.2) is 24.3 Å². The van der Waals surface area contributed by atoms with Crippen molar-refractivity contribution in [1.82, 2.24) is 34.0 Å². The van der Waals surface area contributed by atoms with Crippen molar-refractivity contribution in [3.05, 3.63) is 35.9 Å². The zero-order valence-electron chi connectivity index (χ0n) is 23.5. The van der Waals surface area contributed by atoms with E-state index in [1.54, 1.807) is 4.57 Å². The Morgan fingerprint density at radius 3 is 2.45 bits per heavy atom. The molecule has 0 radical (unpaired) electrons. The number of hydrogen-bond donors (Lipinski definition) is 1. The van der Waals surface area contributed by atoms with Crippen molar-refractivity contribution in [3.8, 4) is 5.95 Å². The highest BCUT2D eigenvalue weighted by molar-refractivity contribution is 5.86. The van der Waals surface area contributed by atoms with E-state index in [2.05, 4.69) is 9.80 Å². The third kappa shape index (κ3) is 4.44. The lowest BCUT2D eigenvalue weighted by Gasteiger charge is -2.37. The zero-order valence-corrected chi connectivity index (χ0v) is 23.5. The third-order valence-electron chi connectivity index (χ3n) is 8.89. The molecule has 1 saturated carbocycles. The fourth-order valence-electron chi connectivity index (χ4n) is 6.18. The fraction of sp³-hybridized carbons (Fsp3) is 0.586. The summed E-state index contributed by atoms with van der Waals surface area (Å²) < 4.78 is 25.1. The molecule has 212 valence electrons. The number of imidazole rings is 2. The number of anilines is 1. The van der Waals surface area contributed by atoms with Gasteiger partial charge in [0, 0.05) is 20.1 Å². The summed E-state index contributed by atoms with van der Waals surface area (Å²) in [6.07, 6.45) is 2.82. The number of rotatable bonds is 6. The normalized spacial score (nSPS) is 20.6. The van der Waals surface area contributed by atoms with Gasteiger partial charge in [-0.25, -0.2) is 14.4 Å². The fourth-order valence-corrected chi connectivity index (χ4v) is 6.18. The third-order valence-corrected chi connectivity index (χ3v) is 8.89. The van der Waals surface area contributed by atoms with E-state index in [0.717, 1.165) is 59.8 Å². The largest absolute Gasteiger partial charge is 0.390 e. The second-order valence-corrected chi connectivity index (χ2v) is 12.1. The van der Waals surface area contributed by atoms with Crippen LogP contribution in [0.25, 0.3) is 28.1 Å². The van der Waals surface area contributed by atoms with Gasteiger partial charge in [-0.3, -0.25) is 9.47 Å². The first-order valence-electron chi connectivity index (χ1n) is 14.4. The maximum absolute atomic E-state index is 15.6. The van der Waals surface area contributed by atoms with Gasteiger partial charge in [0.15, 0.2) is 28.5 Å². The molecule has 7 rings (SSSR count). The molecule has 40 heavy (non-hydrogen) atoms. The van der Waals surface area contributed by atoms with Crippen LogP contribution in [0.1, 0.15) is 51.2 Å². The molecule has 3 aliphatic rings. The monoisotopic (exact) mass is 548 g/mol. The van der Waals surface area contributed by atoms with Crippen LogP contribution in [-0.4, -0.2) is 84.1 Å². The van der Waals surface area contributed by atoms with Crippen LogP contribution in [0.4, 0.5) is 10.2 Å². The zero-order chi connectivity index (χ0) is 27.6. The first-order chi connectivity index (χ1) is 19.2. The van der Waals surface area contributed by atoms with E-state index in [9.17, 15) is 5.11 Å². The number of alkyl halides is 1. The van der Waals surface area contributed by atoms with Crippen molar-refractivity contribution < 1.29 is 14.2 Å². The molecule has 10 nitrogen and oxygen atoms in total. The topological polar surface area (TPSA) is 97.4 Å². The van der Waals surface area contributed by atoms with Gasteiger partial charge in [0.05, 0.1) is 36.4 Å². The summed E-state index contributed by atoms with van der Waals surface area (Å²) in [7, 11) is 2.00. The quantitative estimate of drug-likeness (QED) is 0.391. The van der Waals surface area contributed by atoms with Crippen molar-refractivity contribution in [2.75, 3.05) is 44.3 Å². The predicted octanol–water partition coefficient (Wildman–Crippen LogP) is 3.48. The van der Waals surface area contributed by atoms with Crippen molar-refractivity contribution in [2.24, 2.45) is 13.0 Å². The Kier molecular flexibility index (Phi) is 6.10. The van der Waals surface area contributed by atoms with Crippen molar-refractivity contribution in [2.45, 2.75) is 57.3 Å². The van der Waals surface area contributed by atoms with Crippen LogP contribution < -0.4 is 4.90 Å². The number of piperidine rings is 1. The number of aryl methyl sites for hydroxylation is 1. The van der Waals surface area contributed by atoms with Gasteiger partial charge >= 0.3 is 0 Å². The van der Waals surface area contributed by atoms with E-state index >= 15 is 4.39 Å². The number of aromatic nitrogens is 6. The number of hydrogen-bond acceptors (Lipinski definition) is 8. The molecule has 4 aromatic rings. The second-order valence-electron chi connectivity index (χ2n) is 12.1. The van der Waals surface area contributed by atoms with E-state index in [-0.39, 0.29) is 0 Å². The Bertz CT molecular complexity index is 1560. The molecule has 11 heteroatoms. The van der Waals surface area contributed by atoms with Gasteiger partial charge in [-0.05, 0) is 70.7 Å². The minimum Gasteiger partial charge on any atom is -0.390 e. The summed E-state index contributed by atoms with van der Waals surface area (Å²) in [5.41, 5.74) is 0.896. The van der Waals surface area contributed by atoms with Gasteiger partial charge < -0.3 is 19.3 Å². The summed E-state index contributed by atoms with van der Waals surface area (Å²) in [4.78, 5) is 24.5. The molecule has 3 fully saturated rings. The SMILES string of the molecule is Cn1c(CN2CCC(C(C)(C)O)CC2)nc2c(N3CCOCC3)nc(-n3c(C4(F)CC4)nc4ccccc43)nc21. The van der Waals surface area contributed by atoms with Gasteiger partial charge in [0.25, 0.3) is 0 Å². The maximum atomic E-state index is 15.6. The molecule has 0 spiro atoms. The number of ether oxygens (including phenoxy) is 1. The summed E-state index contributed by atoms with van der Waals surface area (Å²) >= 11 is 0. The van der Waals surface area contributed by atoms with E-state index in [1.165, 1.54) is 0 Å². The molecular weight excluding hydrogens is 511 g/mol. The Balaban J connectivity index is 1.32. The van der Waals surface area contributed by atoms with E-state index < -0.39 is 11.3 Å². The Labute approximate surface area is 232 Å². The number of halogens is 1. The lowest BCUT2D eigenvalue weighted by atomic mass is 9.83. The van der Waals surface area contributed by atoms with Crippen molar-refractivity contribution in [3.63, 3.8) is 0 Å². The van der Waals surface area contributed by atoms with E-state index in [0.29, 0.717) is 63.4 Å². The first kappa shape index (κ1) is 25.8. The number of benzene rings is 1. The molecule has 0 atom stereocenters. The standard InChI is InChI=1S/C29H37FN8O2/c1-28(2,39)19-8-12-36(13-9-19)18-22-32-23-24(35(22)3)33-27(34-25(23)37-14-16-40-17-15-37)38-21-7-5-4-6-20(21)31-26(38)29(30)10-11-29/h4-7,19,39H,8-18H2,1-3H3. The number of fused-ring (bicyclic) bond motifs is 2. The molecular formula is C29H37FN8O2. The molecule has 5 heterocycles. The smallest absolute Gasteiger partial charge is 0.239 e. The predicted molar refractivity (Wildman–Crippen MR) is 150 cm³/mol. The number of nitrogens with zero attached hydrogens (tertiary/aromatic N) is 8. The maximum Gasteiger partial charge on any atom is 0.239 e. The summed E-state index contributed by atoms with van der Waals surface area (Å²) in [5.74, 6) is 2.76. The molecule has 2 aliphatic heterocycles. The van der Waals surface area contributed by atoms with Gasteiger partial charge in [0.1, 0.15) is 5.82 Å². The molecule has 1 N–H and O–H groups in total. The Morgan fingerprint density at radius 2 is 1.75 bits per heavy atom. The van der Waals surface area contributed by atoms with Crippen LogP contribution in [0.5, 0.6) is 0 Å². The van der Waals surface area contributed by atoms with Crippen molar-refractivity contribution in [1.29, 1.82) is 0 Å². The Morgan fingerprint density at radius 1 is 1.02 bits per heavy atom. The number of likely N-dealkylation sites (tertiary alicyclic amines) is 1. The van der Waals surface area contributed by atoms with E-state index in [1.807, 2.05) is 49.7 Å². The second kappa shape index (κ2) is 9.46. The molecule has 0 bridgehead atoms. The Hall–Kier alpha value is -3.15. The van der Waals surface area contributed by atoms with Gasteiger partial charge in [-0.2, -0.15) is 9.97 Å². The first-order valence-corrected chi connectivity index (χ1v) is 14.4. The van der Waals surface area contributed by atoms with Crippen LogP contribution in [0.3, 0.4) is 0 Å². The molecule has 3 aromatic heterocycles. The van der Waals surface area contributed by atoms with Gasteiger partial charge in [-0.1, -0.05) is 12.1 Å². The molecule has 0 unspecified atom stereocenters. The summed E-state index contributed by atoms with van der Waals surface area (Å²) in [6.45, 7) is 8.96. The van der Waals surface area contributed by atoms with Crippen LogP contribution >= 0.6 is 0 Å². The lowest BCUT2D eigenvalue weighted by molar-refractivity contribution is -0.0139. The molecule has 0 amide bonds. The minimum absolute atomic E-state index is 0.301. The average Bonchev–Trinajstić information content (AvgIpc) is 3.46. The molecule has 1 aliphatic carbocycles. The average molecular weight is 549 g/mol. The summed E-state index contributed by atoms with van der Waals surface area (Å²) in [5, 5.41) is 10.5. The number of morpholine rings is 1. The highest BCUT2D eigenvalue weighted by atomic mass is 19.1. The van der Waals surface area contributed by atoms with Gasteiger partial charge in [0.2, 0.25) is 5.95 Å². The minimum atomic E-state index is -1.46. The van der Waals surface area contributed by atoms with Crippen LogP contribution in [-0.2, 0) is 24.0 Å².